The lowest BCUT2D eigenvalue weighted by Gasteiger charge is -2.06. The third-order valence-electron chi connectivity index (χ3n) is 3.90. The molecule has 0 amide bonds. The van der Waals surface area contributed by atoms with Gasteiger partial charge in [0.1, 0.15) is 23.7 Å². The number of nitrogens with two attached hydrogens (primary N) is 1. The molecule has 0 radical (unpaired) electrons. The molecule has 0 spiro atoms. The number of anilines is 1. The summed E-state index contributed by atoms with van der Waals surface area (Å²) < 4.78 is 47.4. The molecule has 0 saturated heterocycles. The molecule has 0 aliphatic heterocycles. The van der Waals surface area contributed by atoms with E-state index in [2.05, 4.69) is 20.2 Å². The van der Waals surface area contributed by atoms with E-state index in [0.29, 0.717) is 23.9 Å². The molecule has 0 aliphatic carbocycles. The van der Waals surface area contributed by atoms with Crippen LogP contribution in [-0.4, -0.2) is 41.8 Å². The molecule has 0 aliphatic rings. The fourth-order valence-electron chi connectivity index (χ4n) is 2.48. The van der Waals surface area contributed by atoms with Crippen LogP contribution in [0.25, 0.3) is 11.5 Å². The first-order valence-corrected chi connectivity index (χ1v) is 9.01. The van der Waals surface area contributed by atoms with Crippen LogP contribution in [0.2, 0.25) is 0 Å². The molecule has 4 aromatic heterocycles. The second-order valence-electron chi connectivity index (χ2n) is 6.36. The number of pyridine rings is 1. The van der Waals surface area contributed by atoms with Gasteiger partial charge in [0, 0.05) is 6.92 Å². The van der Waals surface area contributed by atoms with E-state index in [1.807, 2.05) is 0 Å². The van der Waals surface area contributed by atoms with Gasteiger partial charge in [-0.05, 0) is 24.3 Å². The zero-order chi connectivity index (χ0) is 24.2. The quantitative estimate of drug-likeness (QED) is 0.419. The number of carboxylic acids is 1. The summed E-state index contributed by atoms with van der Waals surface area (Å²) in [6, 6.07) is 6.45. The monoisotopic (exact) mass is 464 g/mol. The fraction of sp³-hybridized carbons (Fsp3) is 0.158. The minimum Gasteiger partial charge on any atom is -0.476 e. The molecule has 4 aromatic rings. The minimum absolute atomic E-state index is 0.103. The van der Waals surface area contributed by atoms with Crippen LogP contribution in [0.15, 0.2) is 51.8 Å². The maximum atomic E-state index is 12.4. The molecule has 4 heterocycles. The molecule has 11 nitrogen and oxygen atoms in total. The summed E-state index contributed by atoms with van der Waals surface area (Å²) in [5.74, 6) is -0.505. The summed E-state index contributed by atoms with van der Waals surface area (Å²) in [5, 5.41) is 16.6. The van der Waals surface area contributed by atoms with E-state index in [0.717, 1.165) is 18.5 Å². The number of nitrogens with zero attached hydrogens (tertiary/aromatic N) is 5. The Balaban J connectivity index is 0.000000189. The Morgan fingerprint density at radius 2 is 1.97 bits per heavy atom. The number of hydrogen-bond donors (Lipinski definition) is 2. The predicted octanol–water partition coefficient (Wildman–Crippen LogP) is 3.16. The Hall–Kier alpha value is -4.49. The highest BCUT2D eigenvalue weighted by Crippen LogP contribution is 2.30. The molecular formula is C19H15F3N6O5. The Morgan fingerprint density at radius 1 is 1.21 bits per heavy atom. The van der Waals surface area contributed by atoms with E-state index >= 15 is 0 Å². The normalized spacial score (nSPS) is 11.0. The lowest BCUT2D eigenvalue weighted by molar-refractivity contribution is -0.141. The van der Waals surface area contributed by atoms with E-state index in [1.54, 1.807) is 12.1 Å². The predicted molar refractivity (Wildman–Crippen MR) is 104 cm³/mol. The summed E-state index contributed by atoms with van der Waals surface area (Å²) in [7, 11) is 0. The van der Waals surface area contributed by atoms with E-state index in [9.17, 15) is 22.8 Å². The lowest BCUT2D eigenvalue weighted by Crippen LogP contribution is -2.08. The van der Waals surface area contributed by atoms with Crippen LogP contribution in [0.1, 0.15) is 39.4 Å². The van der Waals surface area contributed by atoms with E-state index < -0.39 is 23.5 Å². The minimum atomic E-state index is -4.61. The third kappa shape index (κ3) is 5.81. The highest BCUT2D eigenvalue weighted by Gasteiger charge is 2.33. The lowest BCUT2D eigenvalue weighted by atomic mass is 10.2. The molecule has 3 N–H and O–H groups in total. The summed E-state index contributed by atoms with van der Waals surface area (Å²) in [4.78, 5) is 29.8. The summed E-state index contributed by atoms with van der Waals surface area (Å²) in [5.41, 5.74) is 3.55. The van der Waals surface area contributed by atoms with Crippen molar-refractivity contribution < 1.29 is 36.7 Å². The number of carbonyl (C=O) groups is 2. The van der Waals surface area contributed by atoms with Gasteiger partial charge < -0.3 is 19.7 Å². The second kappa shape index (κ2) is 9.33. The van der Waals surface area contributed by atoms with Gasteiger partial charge in [0.05, 0.1) is 6.20 Å². The largest absolute Gasteiger partial charge is 0.476 e. The zero-order valence-corrected chi connectivity index (χ0v) is 16.8. The number of hydrogen-bond acceptors (Lipinski definition) is 9. The van der Waals surface area contributed by atoms with Crippen LogP contribution in [0, 0.1) is 0 Å². The molecule has 0 fully saturated rings. The molecule has 0 bridgehead atoms. The van der Waals surface area contributed by atoms with E-state index in [4.69, 9.17) is 19.7 Å². The average molecular weight is 464 g/mol. The molecule has 33 heavy (non-hydrogen) atoms. The van der Waals surface area contributed by atoms with E-state index in [-0.39, 0.29) is 17.2 Å². The van der Waals surface area contributed by atoms with Gasteiger partial charge in [-0.1, -0.05) is 6.07 Å². The van der Waals surface area contributed by atoms with Gasteiger partial charge in [-0.15, -0.1) is 5.10 Å². The highest BCUT2D eigenvalue weighted by atomic mass is 19.4. The zero-order valence-electron chi connectivity index (χ0n) is 16.8. The van der Waals surface area contributed by atoms with Crippen LogP contribution >= 0.6 is 0 Å². The highest BCUT2D eigenvalue weighted by molar-refractivity contribution is 5.91. The first-order valence-electron chi connectivity index (χ1n) is 9.01. The number of aromatic carboxylic acids is 1. The number of carboxylic acid groups (broad SMARTS) is 1. The van der Waals surface area contributed by atoms with Gasteiger partial charge in [0.2, 0.25) is 0 Å². The van der Waals surface area contributed by atoms with Gasteiger partial charge in [-0.3, -0.25) is 4.79 Å². The number of carbonyl (C=O) groups excluding carboxylic acids is 1. The van der Waals surface area contributed by atoms with Crippen molar-refractivity contribution in [3.8, 4) is 11.5 Å². The van der Waals surface area contributed by atoms with Gasteiger partial charge >= 0.3 is 12.1 Å². The fourth-order valence-corrected chi connectivity index (χ4v) is 2.48. The molecule has 0 unspecified atom stereocenters. The summed E-state index contributed by atoms with van der Waals surface area (Å²) in [6.45, 7) is 1.82. The van der Waals surface area contributed by atoms with Crippen molar-refractivity contribution in [1.82, 2.24) is 25.0 Å². The standard InChI is InChI=1S/C10H5F3N2O3.C9H10N4O2/c11-10(12,13)6-3-1-2-5(15-6)8-7(9(16)17)14-4-18-8;1-6(14)8-3-2-7(15-8)5-13-11-4-9(10)12-13/h1-4H,(H,16,17);2-4H,5H2,1H3,(H2,10,12). The Labute approximate surface area is 182 Å². The molecule has 0 aromatic carbocycles. The third-order valence-corrected chi connectivity index (χ3v) is 3.90. The number of ketones is 1. The van der Waals surface area contributed by atoms with Crippen molar-refractivity contribution in [3.05, 3.63) is 65.8 Å². The van der Waals surface area contributed by atoms with Crippen molar-refractivity contribution >= 4 is 17.6 Å². The van der Waals surface area contributed by atoms with Crippen molar-refractivity contribution in [2.24, 2.45) is 0 Å². The van der Waals surface area contributed by atoms with Crippen LogP contribution in [0.4, 0.5) is 19.0 Å². The molecule has 4 rings (SSSR count). The van der Waals surface area contributed by atoms with Crippen LogP contribution in [-0.2, 0) is 12.7 Å². The summed E-state index contributed by atoms with van der Waals surface area (Å²) >= 11 is 0. The van der Waals surface area contributed by atoms with Crippen molar-refractivity contribution in [2.45, 2.75) is 19.6 Å². The second-order valence-corrected chi connectivity index (χ2v) is 6.36. The smallest absolute Gasteiger partial charge is 0.433 e. The number of halogens is 3. The van der Waals surface area contributed by atoms with Crippen LogP contribution in [0.5, 0.6) is 0 Å². The van der Waals surface area contributed by atoms with Crippen molar-refractivity contribution in [3.63, 3.8) is 0 Å². The first kappa shape index (κ1) is 23.2. The van der Waals surface area contributed by atoms with Crippen molar-refractivity contribution in [1.29, 1.82) is 0 Å². The number of Topliss-reactive ketones (excluding diaryl/α,β-unsaturated/α-hetero) is 1. The Bertz CT molecular complexity index is 1280. The number of aromatic nitrogens is 5. The number of furan rings is 1. The maximum Gasteiger partial charge on any atom is 0.433 e. The summed E-state index contributed by atoms with van der Waals surface area (Å²) in [6.07, 6.45) is -2.32. The SMILES string of the molecule is CC(=O)c1ccc(Cn2ncc(N)n2)o1.O=C(O)c1ncoc1-c1cccc(C(F)(F)F)n1. The first-order chi connectivity index (χ1) is 15.5. The molecule has 0 saturated carbocycles. The number of alkyl halides is 3. The number of oxazole rings is 1. The molecule has 0 atom stereocenters. The molecule has 14 heteroatoms. The Morgan fingerprint density at radius 3 is 2.55 bits per heavy atom. The topological polar surface area (TPSA) is 163 Å². The van der Waals surface area contributed by atoms with Crippen LogP contribution in [0.3, 0.4) is 0 Å². The maximum absolute atomic E-state index is 12.4. The van der Waals surface area contributed by atoms with Crippen LogP contribution < -0.4 is 5.73 Å². The average Bonchev–Trinajstić information content (AvgIpc) is 3.49. The molecule has 172 valence electrons. The number of nitrogen functional groups attached to an aromatic ring is 1. The van der Waals surface area contributed by atoms with Gasteiger partial charge in [0.15, 0.2) is 35.2 Å². The van der Waals surface area contributed by atoms with Gasteiger partial charge in [-0.25, -0.2) is 14.8 Å². The molecular weight excluding hydrogens is 449 g/mol. The van der Waals surface area contributed by atoms with Gasteiger partial charge in [-0.2, -0.15) is 23.1 Å². The van der Waals surface area contributed by atoms with E-state index in [1.165, 1.54) is 24.0 Å². The van der Waals surface area contributed by atoms with Gasteiger partial charge in [0.25, 0.3) is 0 Å². The Kier molecular flexibility index (Phi) is 6.56. The number of rotatable bonds is 5. The van der Waals surface area contributed by atoms with Crippen molar-refractivity contribution in [2.75, 3.05) is 5.73 Å².